The molecule has 0 aromatic carbocycles. The molecule has 0 saturated carbocycles. The minimum atomic E-state index is 0.230. The van der Waals surface area contributed by atoms with Crippen molar-refractivity contribution in [3.63, 3.8) is 0 Å². The van der Waals surface area contributed by atoms with E-state index in [4.69, 9.17) is 0 Å². The van der Waals surface area contributed by atoms with Gasteiger partial charge >= 0.3 is 5.90 Å². The third-order valence-electron chi connectivity index (χ3n) is 1.93. The molecule has 0 aliphatic carbocycles. The van der Waals surface area contributed by atoms with Crippen LogP contribution in [0.15, 0.2) is 0 Å². The lowest BCUT2D eigenvalue weighted by Gasteiger charge is -2.19. The number of thiocarbonyl (C=S) groups is 1. The molecular formula is C7H13N2OS+. The molecule has 1 saturated heterocycles. The van der Waals surface area contributed by atoms with Crippen LogP contribution in [0.2, 0.25) is 0 Å². The fraction of sp³-hybridized carbons (Fsp3) is 0.714. The largest absolute Gasteiger partial charge is 0.460 e. The zero-order chi connectivity index (χ0) is 8.27. The van der Waals surface area contributed by atoms with Crippen LogP contribution in [0.4, 0.5) is 0 Å². The Labute approximate surface area is 71.9 Å². The number of aliphatic hydroxyl groups is 1. The van der Waals surface area contributed by atoms with Gasteiger partial charge in [-0.05, 0) is 7.05 Å². The molecule has 1 heterocycles. The van der Waals surface area contributed by atoms with Crippen molar-refractivity contribution in [3.8, 4) is 0 Å². The molecule has 0 bridgehead atoms. The second kappa shape index (κ2) is 3.78. The predicted molar refractivity (Wildman–Crippen MR) is 48.8 cm³/mol. The van der Waals surface area contributed by atoms with Crippen molar-refractivity contribution in [2.75, 3.05) is 33.2 Å². The van der Waals surface area contributed by atoms with Crippen LogP contribution in [0.3, 0.4) is 0 Å². The van der Waals surface area contributed by atoms with Gasteiger partial charge in [-0.15, -0.1) is 0 Å². The zero-order valence-electron chi connectivity index (χ0n) is 6.66. The molecule has 0 spiro atoms. The Morgan fingerprint density at radius 3 is 2.55 bits per heavy atom. The van der Waals surface area contributed by atoms with Crippen LogP contribution >= 0.6 is 12.2 Å². The van der Waals surface area contributed by atoms with E-state index in [0.29, 0.717) is 0 Å². The van der Waals surface area contributed by atoms with Gasteiger partial charge in [0.15, 0.2) is 13.1 Å². The Morgan fingerprint density at radius 1 is 1.55 bits per heavy atom. The number of piperazine rings is 1. The molecule has 0 unspecified atom stereocenters. The molecular weight excluding hydrogens is 160 g/mol. The second-order valence-corrected chi connectivity index (χ2v) is 3.00. The number of rotatable bonds is 1. The number of hydrogen-bond donors (Lipinski definition) is 1. The maximum atomic E-state index is 9.23. The topological polar surface area (TPSA) is 26.5 Å². The predicted octanol–water partition coefficient (Wildman–Crippen LogP) is -0.0995. The summed E-state index contributed by atoms with van der Waals surface area (Å²) in [5.41, 5.74) is 0. The molecule has 1 N–H and O–H groups in total. The van der Waals surface area contributed by atoms with Crippen molar-refractivity contribution in [2.45, 2.75) is 0 Å². The van der Waals surface area contributed by atoms with Gasteiger partial charge in [-0.3, -0.25) is 4.90 Å². The van der Waals surface area contributed by atoms with Gasteiger partial charge < -0.3 is 5.11 Å². The van der Waals surface area contributed by atoms with Crippen molar-refractivity contribution in [2.24, 2.45) is 0 Å². The summed E-state index contributed by atoms with van der Waals surface area (Å²) >= 11 is 4.62. The van der Waals surface area contributed by atoms with E-state index >= 15 is 0 Å². The second-order valence-electron chi connectivity index (χ2n) is 2.77. The summed E-state index contributed by atoms with van der Waals surface area (Å²) in [6.07, 6.45) is 0. The van der Waals surface area contributed by atoms with Gasteiger partial charge in [0.1, 0.15) is 5.37 Å². The Hall–Kier alpha value is -0.480. The third kappa shape index (κ3) is 2.24. The molecule has 0 aromatic rings. The summed E-state index contributed by atoms with van der Waals surface area (Å²) in [4.78, 5) is 2.23. The number of nitrogens with zero attached hydrogens (tertiary/aromatic N) is 2. The molecule has 0 aromatic heterocycles. The van der Waals surface area contributed by atoms with Crippen LogP contribution in [0.1, 0.15) is 0 Å². The van der Waals surface area contributed by atoms with Crippen LogP contribution in [0.25, 0.3) is 0 Å². The van der Waals surface area contributed by atoms with E-state index in [-0.39, 0.29) is 5.90 Å². The first-order valence-electron chi connectivity index (χ1n) is 3.68. The Bertz CT molecular complexity index is 181. The highest BCUT2D eigenvalue weighted by molar-refractivity contribution is 7.80. The molecule has 0 radical (unpaired) electrons. The lowest BCUT2D eigenvalue weighted by atomic mass is 10.4. The van der Waals surface area contributed by atoms with E-state index in [1.54, 1.807) is 0 Å². The average Bonchev–Trinajstić information content (AvgIpc) is 2.05. The summed E-state index contributed by atoms with van der Waals surface area (Å²) in [6.45, 7) is 3.73. The molecule has 62 valence electrons. The smallest absolute Gasteiger partial charge is 0.371 e. The molecule has 4 heteroatoms. The summed E-state index contributed by atoms with van der Waals surface area (Å²) in [5, 5.41) is 10.6. The van der Waals surface area contributed by atoms with Gasteiger partial charge in [0.05, 0.1) is 13.1 Å². The van der Waals surface area contributed by atoms with E-state index in [1.807, 2.05) is 4.58 Å². The van der Waals surface area contributed by atoms with Crippen molar-refractivity contribution < 1.29 is 9.68 Å². The van der Waals surface area contributed by atoms with Gasteiger partial charge in [-0.1, -0.05) is 12.2 Å². The number of aliphatic hydroxyl groups excluding tert-OH is 1. The molecule has 3 nitrogen and oxygen atoms in total. The van der Waals surface area contributed by atoms with Crippen molar-refractivity contribution in [1.82, 2.24) is 4.90 Å². The van der Waals surface area contributed by atoms with E-state index in [1.165, 1.54) is 5.37 Å². The first-order chi connectivity index (χ1) is 5.24. The summed E-state index contributed by atoms with van der Waals surface area (Å²) in [6, 6.07) is 0. The minimum absolute atomic E-state index is 0.230. The van der Waals surface area contributed by atoms with E-state index in [9.17, 15) is 5.11 Å². The van der Waals surface area contributed by atoms with Gasteiger partial charge in [0.2, 0.25) is 0 Å². The van der Waals surface area contributed by atoms with Crippen molar-refractivity contribution >= 4 is 23.5 Å². The summed E-state index contributed by atoms with van der Waals surface area (Å²) < 4.78 is 1.90. The van der Waals surface area contributed by atoms with Crippen LogP contribution in [-0.4, -0.2) is 59.1 Å². The highest BCUT2D eigenvalue weighted by Gasteiger charge is 2.18. The van der Waals surface area contributed by atoms with Crippen molar-refractivity contribution in [3.05, 3.63) is 0 Å². The average molecular weight is 173 g/mol. The first-order valence-corrected chi connectivity index (χ1v) is 4.16. The quantitative estimate of drug-likeness (QED) is 0.341. The number of hydrogen-bond acceptors (Lipinski definition) is 2. The van der Waals surface area contributed by atoms with E-state index < -0.39 is 0 Å². The van der Waals surface area contributed by atoms with Crippen LogP contribution in [0.5, 0.6) is 0 Å². The van der Waals surface area contributed by atoms with Crippen LogP contribution in [0, 0.1) is 0 Å². The lowest BCUT2D eigenvalue weighted by Crippen LogP contribution is -2.42. The van der Waals surface area contributed by atoms with Crippen LogP contribution < -0.4 is 0 Å². The minimum Gasteiger partial charge on any atom is -0.460 e. The maximum Gasteiger partial charge on any atom is 0.371 e. The molecule has 0 atom stereocenters. The SMILES string of the molecule is CN1CC[N+](=C(O)C=S)CC1. The Kier molecular flexibility index (Phi) is 2.96. The standard InChI is InChI=1S/C7H12N2OS/c1-8-2-4-9(5-3-8)7(10)6-11/h6H,2-5H2,1H3/p+1. The molecule has 1 rings (SSSR count). The summed E-state index contributed by atoms with van der Waals surface area (Å²) in [7, 11) is 2.08. The van der Waals surface area contributed by atoms with E-state index in [0.717, 1.165) is 26.2 Å². The molecule has 11 heavy (non-hydrogen) atoms. The maximum absolute atomic E-state index is 9.23. The molecule has 1 aliphatic heterocycles. The summed E-state index contributed by atoms with van der Waals surface area (Å²) in [5.74, 6) is 0.230. The Balaban J connectivity index is 2.57. The lowest BCUT2D eigenvalue weighted by molar-refractivity contribution is -0.544. The van der Waals surface area contributed by atoms with Gasteiger partial charge in [-0.25, -0.2) is 0 Å². The molecule has 1 fully saturated rings. The third-order valence-corrected chi connectivity index (χ3v) is 2.14. The normalized spacial score (nSPS) is 19.9. The molecule has 0 amide bonds. The van der Waals surface area contributed by atoms with Gasteiger partial charge in [0, 0.05) is 0 Å². The van der Waals surface area contributed by atoms with Crippen molar-refractivity contribution in [1.29, 1.82) is 0 Å². The zero-order valence-corrected chi connectivity index (χ0v) is 7.47. The fourth-order valence-corrected chi connectivity index (χ4v) is 1.26. The molecule has 1 aliphatic rings. The van der Waals surface area contributed by atoms with Gasteiger partial charge in [-0.2, -0.15) is 4.58 Å². The number of likely N-dealkylation sites (N-methyl/N-ethyl adjacent to an activating group) is 1. The highest BCUT2D eigenvalue weighted by Crippen LogP contribution is 1.92. The highest BCUT2D eigenvalue weighted by atomic mass is 32.1. The fourth-order valence-electron chi connectivity index (χ4n) is 1.11. The van der Waals surface area contributed by atoms with Gasteiger partial charge in [0.25, 0.3) is 0 Å². The monoisotopic (exact) mass is 173 g/mol. The van der Waals surface area contributed by atoms with Crippen LogP contribution in [-0.2, 0) is 0 Å². The van der Waals surface area contributed by atoms with E-state index in [2.05, 4.69) is 24.2 Å². The first kappa shape index (κ1) is 8.62. The Morgan fingerprint density at radius 2 is 2.09 bits per heavy atom.